The lowest BCUT2D eigenvalue weighted by atomic mass is 10.1. The molecule has 4 aromatic rings. The molecule has 9 heteroatoms. The van der Waals surface area contributed by atoms with Gasteiger partial charge in [-0.1, -0.05) is 72.4 Å². The number of thiophene rings is 1. The van der Waals surface area contributed by atoms with Gasteiger partial charge < -0.3 is 10.2 Å². The van der Waals surface area contributed by atoms with Crippen LogP contribution in [0, 0.1) is 0 Å². The van der Waals surface area contributed by atoms with Crippen LogP contribution < -0.4 is 10.9 Å². The predicted molar refractivity (Wildman–Crippen MR) is 143 cm³/mol. The van der Waals surface area contributed by atoms with Crippen molar-refractivity contribution in [2.75, 3.05) is 12.3 Å². The summed E-state index contributed by atoms with van der Waals surface area (Å²) in [7, 11) is 0. The fourth-order valence-electron chi connectivity index (χ4n) is 4.32. The summed E-state index contributed by atoms with van der Waals surface area (Å²) in [5.74, 6) is 0.0697. The average molecular weight is 519 g/mol. The molecule has 0 saturated heterocycles. The van der Waals surface area contributed by atoms with Crippen LogP contribution in [-0.4, -0.2) is 38.6 Å². The van der Waals surface area contributed by atoms with Crippen LogP contribution in [0.1, 0.15) is 28.5 Å². The maximum atomic E-state index is 13.8. The van der Waals surface area contributed by atoms with Crippen LogP contribution in [0.3, 0.4) is 0 Å². The summed E-state index contributed by atoms with van der Waals surface area (Å²) in [5, 5.41) is 4.10. The topological polar surface area (TPSA) is 84.3 Å². The minimum Gasteiger partial charge on any atom is -0.351 e. The number of rotatable bonds is 7. The van der Waals surface area contributed by atoms with Crippen molar-refractivity contribution < 1.29 is 9.59 Å². The highest BCUT2D eigenvalue weighted by Crippen LogP contribution is 2.34. The number of nitrogens with zero attached hydrogens (tertiary/aromatic N) is 3. The van der Waals surface area contributed by atoms with Gasteiger partial charge in [0.2, 0.25) is 11.8 Å². The second-order valence-corrected chi connectivity index (χ2v) is 10.7. The van der Waals surface area contributed by atoms with Gasteiger partial charge in [-0.15, -0.1) is 11.3 Å². The van der Waals surface area contributed by atoms with Crippen LogP contribution in [0.2, 0.25) is 0 Å². The highest BCUT2D eigenvalue weighted by molar-refractivity contribution is 7.99. The number of aromatic nitrogens is 2. The number of nitrogens with one attached hydrogen (secondary N) is 1. The van der Waals surface area contributed by atoms with E-state index in [-0.39, 0.29) is 23.1 Å². The van der Waals surface area contributed by atoms with Crippen LogP contribution in [0.4, 0.5) is 0 Å². The van der Waals surface area contributed by atoms with Gasteiger partial charge in [0.25, 0.3) is 5.56 Å². The molecule has 7 nitrogen and oxygen atoms in total. The highest BCUT2D eigenvalue weighted by Gasteiger charge is 2.26. The monoisotopic (exact) mass is 518 g/mol. The SMILES string of the molecule is CC(=O)N1CCc2c(sc3nc(SCC(=O)NCc4ccccc4)n(Cc4ccccc4)c(=O)c23)C1. The molecule has 1 N–H and O–H groups in total. The molecule has 3 heterocycles. The van der Waals surface area contributed by atoms with Crippen molar-refractivity contribution in [1.82, 2.24) is 19.8 Å². The Bertz CT molecular complexity index is 1470. The van der Waals surface area contributed by atoms with Gasteiger partial charge in [-0.05, 0) is 23.1 Å². The normalized spacial score (nSPS) is 13.0. The molecule has 0 aliphatic carbocycles. The van der Waals surface area contributed by atoms with E-state index in [1.165, 1.54) is 23.1 Å². The van der Waals surface area contributed by atoms with Crippen molar-refractivity contribution in [2.45, 2.75) is 38.1 Å². The van der Waals surface area contributed by atoms with Gasteiger partial charge >= 0.3 is 0 Å². The van der Waals surface area contributed by atoms with Crippen LogP contribution >= 0.6 is 23.1 Å². The molecule has 2 amide bonds. The van der Waals surface area contributed by atoms with Gasteiger partial charge in [-0.2, -0.15) is 0 Å². The van der Waals surface area contributed by atoms with E-state index in [9.17, 15) is 14.4 Å². The maximum Gasteiger partial charge on any atom is 0.263 e. The summed E-state index contributed by atoms with van der Waals surface area (Å²) < 4.78 is 1.68. The minimum atomic E-state index is -0.118. The molecule has 1 aliphatic heterocycles. The number of fused-ring (bicyclic) bond motifs is 3. The summed E-state index contributed by atoms with van der Waals surface area (Å²) in [6.07, 6.45) is 0.644. The summed E-state index contributed by atoms with van der Waals surface area (Å²) in [4.78, 5) is 46.6. The molecule has 0 saturated carbocycles. The van der Waals surface area contributed by atoms with Gasteiger partial charge in [-0.25, -0.2) is 4.98 Å². The number of carbonyl (C=O) groups is 2. The number of benzene rings is 2. The van der Waals surface area contributed by atoms with E-state index in [1.54, 1.807) is 16.4 Å². The third kappa shape index (κ3) is 5.22. The van der Waals surface area contributed by atoms with Crippen LogP contribution in [0.15, 0.2) is 70.6 Å². The first-order valence-corrected chi connectivity index (χ1v) is 13.6. The molecule has 184 valence electrons. The van der Waals surface area contributed by atoms with Gasteiger partial charge in [0.1, 0.15) is 4.83 Å². The molecule has 2 aromatic heterocycles. The van der Waals surface area contributed by atoms with E-state index >= 15 is 0 Å². The zero-order valence-electron chi connectivity index (χ0n) is 19.9. The zero-order valence-corrected chi connectivity index (χ0v) is 21.5. The highest BCUT2D eigenvalue weighted by atomic mass is 32.2. The van der Waals surface area contributed by atoms with Crippen molar-refractivity contribution in [3.8, 4) is 0 Å². The summed E-state index contributed by atoms with van der Waals surface area (Å²) in [6, 6.07) is 19.5. The molecule has 36 heavy (non-hydrogen) atoms. The first-order valence-electron chi connectivity index (χ1n) is 11.8. The van der Waals surface area contributed by atoms with E-state index in [0.29, 0.717) is 48.0 Å². The Morgan fingerprint density at radius 1 is 1.06 bits per heavy atom. The van der Waals surface area contributed by atoms with E-state index < -0.39 is 0 Å². The van der Waals surface area contributed by atoms with Gasteiger partial charge in [0.15, 0.2) is 5.16 Å². The number of amides is 2. The van der Waals surface area contributed by atoms with E-state index in [4.69, 9.17) is 4.98 Å². The number of hydrogen-bond acceptors (Lipinski definition) is 6. The Kier molecular flexibility index (Phi) is 7.20. The molecule has 0 spiro atoms. The number of thioether (sulfide) groups is 1. The lowest BCUT2D eigenvalue weighted by Gasteiger charge is -2.25. The first-order chi connectivity index (χ1) is 17.5. The summed E-state index contributed by atoms with van der Waals surface area (Å²) in [6.45, 7) is 3.51. The lowest BCUT2D eigenvalue weighted by molar-refractivity contribution is -0.129. The lowest BCUT2D eigenvalue weighted by Crippen LogP contribution is -2.34. The molecule has 5 rings (SSSR count). The predicted octanol–water partition coefficient (Wildman–Crippen LogP) is 3.82. The Morgan fingerprint density at radius 2 is 1.75 bits per heavy atom. The second-order valence-electron chi connectivity index (χ2n) is 8.70. The smallest absolute Gasteiger partial charge is 0.263 e. The Balaban J connectivity index is 1.44. The number of carbonyl (C=O) groups excluding carboxylic acids is 2. The fourth-order valence-corrected chi connectivity index (χ4v) is 6.42. The molecule has 0 atom stereocenters. The van der Waals surface area contributed by atoms with E-state index in [2.05, 4.69) is 5.32 Å². The van der Waals surface area contributed by atoms with Crippen LogP contribution in [0.25, 0.3) is 10.2 Å². The van der Waals surface area contributed by atoms with Crippen LogP contribution in [-0.2, 0) is 35.6 Å². The molecule has 0 radical (unpaired) electrons. The molecule has 2 aromatic carbocycles. The van der Waals surface area contributed by atoms with E-state index in [0.717, 1.165) is 21.6 Å². The van der Waals surface area contributed by atoms with Crippen molar-refractivity contribution in [2.24, 2.45) is 0 Å². The fraction of sp³-hybridized carbons (Fsp3) is 0.259. The van der Waals surface area contributed by atoms with Gasteiger partial charge in [0, 0.05) is 24.9 Å². The minimum absolute atomic E-state index is 0.0327. The molecule has 1 aliphatic rings. The quantitative estimate of drug-likeness (QED) is 0.297. The van der Waals surface area contributed by atoms with Crippen molar-refractivity contribution in [3.05, 3.63) is 92.6 Å². The Hall–Kier alpha value is -3.43. The van der Waals surface area contributed by atoms with Crippen molar-refractivity contribution in [3.63, 3.8) is 0 Å². The standard InChI is InChI=1S/C27H26N4O3S2/c1-18(32)30-13-12-21-22(16-30)36-25-24(21)26(34)31(15-20-10-6-3-7-11-20)27(29-25)35-17-23(33)28-14-19-8-4-2-5-9-19/h2-11H,12-17H2,1H3,(H,28,33). The molecule has 0 bridgehead atoms. The summed E-state index contributed by atoms with van der Waals surface area (Å²) >= 11 is 2.75. The van der Waals surface area contributed by atoms with Crippen LogP contribution in [0.5, 0.6) is 0 Å². The molecular weight excluding hydrogens is 492 g/mol. The molecular formula is C27H26N4O3S2. The third-order valence-electron chi connectivity index (χ3n) is 6.22. The molecule has 0 unspecified atom stereocenters. The Labute approximate surface area is 217 Å². The van der Waals surface area contributed by atoms with E-state index in [1.807, 2.05) is 60.7 Å². The van der Waals surface area contributed by atoms with Crippen molar-refractivity contribution in [1.29, 1.82) is 0 Å². The van der Waals surface area contributed by atoms with Gasteiger partial charge in [0.05, 0.1) is 24.2 Å². The third-order valence-corrected chi connectivity index (χ3v) is 8.31. The number of hydrogen-bond donors (Lipinski definition) is 1. The first kappa shape index (κ1) is 24.3. The maximum absolute atomic E-state index is 13.8. The zero-order chi connectivity index (χ0) is 25.1. The summed E-state index contributed by atoms with van der Waals surface area (Å²) in [5.41, 5.74) is 2.93. The largest absolute Gasteiger partial charge is 0.351 e. The molecule has 0 fully saturated rings. The second kappa shape index (κ2) is 10.7. The van der Waals surface area contributed by atoms with Gasteiger partial charge in [-0.3, -0.25) is 19.0 Å². The van der Waals surface area contributed by atoms with Crippen molar-refractivity contribution >= 4 is 45.1 Å². The average Bonchev–Trinajstić information content (AvgIpc) is 3.27. The Morgan fingerprint density at radius 3 is 2.44 bits per heavy atom.